The van der Waals surface area contributed by atoms with Gasteiger partial charge in [-0.25, -0.2) is 8.42 Å². The van der Waals surface area contributed by atoms with Crippen LogP contribution in [0.3, 0.4) is 0 Å². The summed E-state index contributed by atoms with van der Waals surface area (Å²) in [6.07, 6.45) is 1.53. The van der Waals surface area contributed by atoms with E-state index >= 15 is 0 Å². The molecule has 1 aromatic carbocycles. The van der Waals surface area contributed by atoms with E-state index < -0.39 is 10.0 Å². The van der Waals surface area contributed by atoms with E-state index in [0.717, 1.165) is 20.2 Å². The van der Waals surface area contributed by atoms with Crippen LogP contribution in [0.2, 0.25) is 0 Å². The summed E-state index contributed by atoms with van der Waals surface area (Å²) in [7, 11) is -3.64. The fourth-order valence-corrected chi connectivity index (χ4v) is 3.81. The lowest BCUT2D eigenvalue weighted by Gasteiger charge is -2.17. The van der Waals surface area contributed by atoms with Crippen LogP contribution in [0.25, 0.3) is 6.08 Å². The van der Waals surface area contributed by atoms with Crippen LogP contribution in [0.1, 0.15) is 17.4 Å². The fourth-order valence-electron chi connectivity index (χ4n) is 2.01. The standard InChI is InChI=1S/C17H20N2O3S2/c1-2-19(14-17(20)18-13-16-9-6-11-23-16)24(21,22)12-10-15-7-4-3-5-8-15/h3-12H,2,13-14H2,1H3,(H,18,20). The Morgan fingerprint density at radius 3 is 2.58 bits per heavy atom. The van der Waals surface area contributed by atoms with Gasteiger partial charge < -0.3 is 5.32 Å². The van der Waals surface area contributed by atoms with Crippen molar-refractivity contribution in [2.75, 3.05) is 13.1 Å². The van der Waals surface area contributed by atoms with Crippen molar-refractivity contribution in [2.24, 2.45) is 0 Å². The van der Waals surface area contributed by atoms with Gasteiger partial charge in [0.2, 0.25) is 15.9 Å². The molecule has 128 valence electrons. The van der Waals surface area contributed by atoms with Crippen LogP contribution in [-0.2, 0) is 21.4 Å². The summed E-state index contributed by atoms with van der Waals surface area (Å²) in [5.74, 6) is -0.318. The molecule has 5 nitrogen and oxygen atoms in total. The van der Waals surface area contributed by atoms with E-state index in [-0.39, 0.29) is 19.0 Å². The number of benzene rings is 1. The van der Waals surface area contributed by atoms with Gasteiger partial charge in [0, 0.05) is 16.8 Å². The van der Waals surface area contributed by atoms with Gasteiger partial charge in [0.05, 0.1) is 13.1 Å². The summed E-state index contributed by atoms with van der Waals surface area (Å²) in [6, 6.07) is 13.0. The monoisotopic (exact) mass is 364 g/mol. The molecule has 1 N–H and O–H groups in total. The molecule has 24 heavy (non-hydrogen) atoms. The zero-order valence-electron chi connectivity index (χ0n) is 13.4. The quantitative estimate of drug-likeness (QED) is 0.783. The summed E-state index contributed by atoms with van der Waals surface area (Å²) < 4.78 is 25.9. The molecule has 0 radical (unpaired) electrons. The number of sulfonamides is 1. The van der Waals surface area contributed by atoms with E-state index in [2.05, 4.69) is 5.32 Å². The van der Waals surface area contributed by atoms with E-state index in [1.807, 2.05) is 47.8 Å². The Hall–Kier alpha value is -1.96. The first kappa shape index (κ1) is 18.4. The fraction of sp³-hybridized carbons (Fsp3) is 0.235. The molecule has 2 aromatic rings. The van der Waals surface area contributed by atoms with E-state index in [9.17, 15) is 13.2 Å². The number of nitrogens with one attached hydrogen (secondary N) is 1. The normalized spacial score (nSPS) is 11.9. The Balaban J connectivity index is 1.95. The van der Waals surface area contributed by atoms with Gasteiger partial charge in [-0.1, -0.05) is 43.3 Å². The molecule has 1 heterocycles. The highest BCUT2D eigenvalue weighted by Gasteiger charge is 2.20. The van der Waals surface area contributed by atoms with Crippen molar-refractivity contribution in [3.8, 4) is 0 Å². The number of thiophene rings is 1. The van der Waals surface area contributed by atoms with Gasteiger partial charge in [-0.3, -0.25) is 4.79 Å². The first-order chi connectivity index (χ1) is 11.5. The smallest absolute Gasteiger partial charge is 0.236 e. The third-order valence-electron chi connectivity index (χ3n) is 3.30. The van der Waals surface area contributed by atoms with Crippen molar-refractivity contribution in [1.29, 1.82) is 0 Å². The maximum Gasteiger partial charge on any atom is 0.236 e. The lowest BCUT2D eigenvalue weighted by Crippen LogP contribution is -2.39. The molecule has 1 aromatic heterocycles. The molecule has 0 atom stereocenters. The molecular formula is C17H20N2O3S2. The highest BCUT2D eigenvalue weighted by molar-refractivity contribution is 7.92. The van der Waals surface area contributed by atoms with Gasteiger partial charge >= 0.3 is 0 Å². The van der Waals surface area contributed by atoms with Crippen LogP contribution in [0.15, 0.2) is 53.3 Å². The number of carbonyl (C=O) groups excluding carboxylic acids is 1. The van der Waals surface area contributed by atoms with Gasteiger partial charge in [0.15, 0.2) is 0 Å². The van der Waals surface area contributed by atoms with E-state index in [1.165, 1.54) is 6.08 Å². The van der Waals surface area contributed by atoms with E-state index in [4.69, 9.17) is 0 Å². The Kier molecular flexibility index (Phi) is 6.72. The lowest BCUT2D eigenvalue weighted by atomic mass is 10.2. The largest absolute Gasteiger partial charge is 0.350 e. The Labute approximate surface area is 146 Å². The van der Waals surface area contributed by atoms with Gasteiger partial charge in [-0.15, -0.1) is 11.3 Å². The predicted molar refractivity (Wildman–Crippen MR) is 97.8 cm³/mol. The minimum Gasteiger partial charge on any atom is -0.350 e. The van der Waals surface area contributed by atoms with Crippen LogP contribution < -0.4 is 5.32 Å². The highest BCUT2D eigenvalue weighted by atomic mass is 32.2. The number of nitrogens with zero attached hydrogens (tertiary/aromatic N) is 1. The Bertz CT molecular complexity index is 769. The third kappa shape index (κ3) is 5.59. The summed E-state index contributed by atoms with van der Waals surface area (Å²) >= 11 is 1.54. The number of carbonyl (C=O) groups is 1. The van der Waals surface area contributed by atoms with Crippen LogP contribution in [0, 0.1) is 0 Å². The molecule has 0 fully saturated rings. The van der Waals surface area contributed by atoms with Gasteiger partial charge in [-0.2, -0.15) is 4.31 Å². The SMILES string of the molecule is CCN(CC(=O)NCc1cccs1)S(=O)(=O)C=Cc1ccccc1. The highest BCUT2D eigenvalue weighted by Crippen LogP contribution is 2.09. The molecule has 1 amide bonds. The second-order valence-electron chi connectivity index (χ2n) is 5.04. The first-order valence-corrected chi connectivity index (χ1v) is 9.92. The number of hydrogen-bond acceptors (Lipinski definition) is 4. The molecule has 0 aliphatic carbocycles. The molecule has 0 saturated heterocycles. The van der Waals surface area contributed by atoms with Crippen LogP contribution in [0.5, 0.6) is 0 Å². The van der Waals surface area contributed by atoms with Gasteiger partial charge in [0.25, 0.3) is 0 Å². The molecule has 2 rings (SSSR count). The van der Waals surface area contributed by atoms with Gasteiger partial charge in [0.1, 0.15) is 0 Å². The summed E-state index contributed by atoms with van der Waals surface area (Å²) in [6.45, 7) is 2.16. The molecule has 0 aliphatic rings. The third-order valence-corrected chi connectivity index (χ3v) is 5.77. The first-order valence-electron chi connectivity index (χ1n) is 7.53. The summed E-state index contributed by atoms with van der Waals surface area (Å²) in [4.78, 5) is 13.0. The number of likely N-dealkylation sites (N-methyl/N-ethyl adjacent to an activating group) is 1. The van der Waals surface area contributed by atoms with E-state index in [0.29, 0.717) is 6.54 Å². The molecule has 0 bridgehead atoms. The number of amides is 1. The number of rotatable bonds is 8. The zero-order chi connectivity index (χ0) is 17.4. The van der Waals surface area contributed by atoms with Crippen molar-refractivity contribution in [1.82, 2.24) is 9.62 Å². The van der Waals surface area contributed by atoms with Crippen LogP contribution >= 0.6 is 11.3 Å². The molecule has 0 unspecified atom stereocenters. The predicted octanol–water partition coefficient (Wildman–Crippen LogP) is 2.69. The minimum atomic E-state index is -3.64. The maximum atomic E-state index is 12.4. The van der Waals surface area contributed by atoms with Crippen molar-refractivity contribution in [3.05, 3.63) is 63.7 Å². The second-order valence-corrected chi connectivity index (χ2v) is 7.89. The van der Waals surface area contributed by atoms with Crippen molar-refractivity contribution < 1.29 is 13.2 Å². The summed E-state index contributed by atoms with van der Waals surface area (Å²) in [5.41, 5.74) is 0.791. The maximum absolute atomic E-state index is 12.4. The molecule has 0 aliphatic heterocycles. The Morgan fingerprint density at radius 1 is 1.21 bits per heavy atom. The van der Waals surface area contributed by atoms with Crippen molar-refractivity contribution >= 4 is 33.3 Å². The van der Waals surface area contributed by atoms with Crippen molar-refractivity contribution in [3.63, 3.8) is 0 Å². The zero-order valence-corrected chi connectivity index (χ0v) is 15.0. The minimum absolute atomic E-state index is 0.191. The molecular weight excluding hydrogens is 344 g/mol. The Morgan fingerprint density at radius 2 is 1.96 bits per heavy atom. The molecule has 7 heteroatoms. The average Bonchev–Trinajstić information content (AvgIpc) is 3.10. The number of hydrogen-bond donors (Lipinski definition) is 1. The molecule has 0 saturated carbocycles. The van der Waals surface area contributed by atoms with Gasteiger partial charge in [-0.05, 0) is 23.1 Å². The summed E-state index contributed by atoms with van der Waals surface area (Å²) in [5, 5.41) is 5.80. The van der Waals surface area contributed by atoms with Crippen LogP contribution in [-0.4, -0.2) is 31.7 Å². The average molecular weight is 364 g/mol. The van der Waals surface area contributed by atoms with Crippen LogP contribution in [0.4, 0.5) is 0 Å². The second kappa shape index (κ2) is 8.77. The lowest BCUT2D eigenvalue weighted by molar-refractivity contribution is -0.121. The topological polar surface area (TPSA) is 66.5 Å². The van der Waals surface area contributed by atoms with E-state index in [1.54, 1.807) is 18.3 Å². The van der Waals surface area contributed by atoms with Crippen molar-refractivity contribution in [2.45, 2.75) is 13.5 Å². The molecule has 0 spiro atoms.